The van der Waals surface area contributed by atoms with Gasteiger partial charge in [0.1, 0.15) is 0 Å². The molecule has 3 fully saturated rings. The van der Waals surface area contributed by atoms with E-state index in [2.05, 4.69) is 16.8 Å². The van der Waals surface area contributed by atoms with Gasteiger partial charge in [-0.1, -0.05) is 0 Å². The number of carbonyl (C=O) groups excluding carboxylic acids is 1. The number of piperidine rings is 1. The lowest BCUT2D eigenvalue weighted by atomic mass is 9.84. The monoisotopic (exact) mass is 208 g/mol. The van der Waals surface area contributed by atoms with Crippen LogP contribution in [0.15, 0.2) is 0 Å². The number of carbonyl (C=O) groups is 1. The Morgan fingerprint density at radius 1 is 1.20 bits per heavy atom. The lowest BCUT2D eigenvalue weighted by Gasteiger charge is -2.42. The fraction of sp³-hybridized carbons (Fsp3) is 0.917. The lowest BCUT2D eigenvalue weighted by molar-refractivity contribution is -0.127. The highest BCUT2D eigenvalue weighted by atomic mass is 16.1. The summed E-state index contributed by atoms with van der Waals surface area (Å²) in [6, 6.07) is 0.865. The second kappa shape index (κ2) is 3.29. The van der Waals surface area contributed by atoms with E-state index in [9.17, 15) is 4.79 Å². The van der Waals surface area contributed by atoms with Crippen molar-refractivity contribution < 1.29 is 4.79 Å². The molecule has 3 heteroatoms. The molecule has 0 radical (unpaired) electrons. The molecule has 0 amide bonds. The maximum Gasteiger partial charge on any atom is 0.154 e. The Kier molecular flexibility index (Phi) is 2.15. The van der Waals surface area contributed by atoms with Crippen molar-refractivity contribution in [3.05, 3.63) is 0 Å². The van der Waals surface area contributed by atoms with Crippen LogP contribution < -0.4 is 0 Å². The van der Waals surface area contributed by atoms with E-state index in [1.165, 1.54) is 12.8 Å². The normalized spacial score (nSPS) is 32.7. The van der Waals surface area contributed by atoms with E-state index >= 15 is 0 Å². The molecule has 0 aromatic rings. The number of Topliss-reactive ketones (excluding diaryl/α,β-unsaturated/α-hetero) is 1. The molecule has 0 unspecified atom stereocenters. The van der Waals surface area contributed by atoms with Gasteiger partial charge in [-0.3, -0.25) is 9.69 Å². The van der Waals surface area contributed by atoms with Crippen molar-refractivity contribution in [3.63, 3.8) is 0 Å². The van der Waals surface area contributed by atoms with Gasteiger partial charge in [-0.2, -0.15) is 0 Å². The molecule has 3 rings (SSSR count). The van der Waals surface area contributed by atoms with Gasteiger partial charge in [-0.25, -0.2) is 0 Å². The Bertz CT molecular complexity index is 277. The molecular weight excluding hydrogens is 188 g/mol. The zero-order valence-corrected chi connectivity index (χ0v) is 9.54. The number of likely N-dealkylation sites (N-methyl/N-ethyl adjacent to an activating group) is 1. The first-order valence-corrected chi connectivity index (χ1v) is 6.21. The van der Waals surface area contributed by atoms with Gasteiger partial charge in [0.05, 0.1) is 5.54 Å². The third kappa shape index (κ3) is 1.44. The number of nitrogens with zero attached hydrogens (tertiary/aromatic N) is 2. The highest BCUT2D eigenvalue weighted by Gasteiger charge is 2.49. The first-order valence-electron chi connectivity index (χ1n) is 6.21. The number of hydrogen-bond donors (Lipinski definition) is 0. The van der Waals surface area contributed by atoms with Gasteiger partial charge < -0.3 is 4.90 Å². The summed E-state index contributed by atoms with van der Waals surface area (Å²) in [7, 11) is 2.12. The topological polar surface area (TPSA) is 23.6 Å². The highest BCUT2D eigenvalue weighted by Crippen LogP contribution is 2.38. The van der Waals surface area contributed by atoms with E-state index in [-0.39, 0.29) is 5.54 Å². The predicted octanol–water partition coefficient (Wildman–Crippen LogP) is 0.888. The quantitative estimate of drug-likeness (QED) is 0.639. The molecule has 2 heterocycles. The van der Waals surface area contributed by atoms with Crippen molar-refractivity contribution in [2.75, 3.05) is 26.7 Å². The van der Waals surface area contributed by atoms with Gasteiger partial charge in [0.2, 0.25) is 0 Å². The van der Waals surface area contributed by atoms with Crippen LogP contribution in [0.4, 0.5) is 0 Å². The van der Waals surface area contributed by atoms with Crippen LogP contribution in [-0.4, -0.2) is 53.8 Å². The minimum atomic E-state index is -0.0641. The molecule has 0 atom stereocenters. The Morgan fingerprint density at radius 3 is 2.33 bits per heavy atom. The molecule has 0 aromatic heterocycles. The molecule has 15 heavy (non-hydrogen) atoms. The summed E-state index contributed by atoms with van der Waals surface area (Å²) in [4.78, 5) is 16.9. The summed E-state index contributed by atoms with van der Waals surface area (Å²) in [6.45, 7) is 3.25. The summed E-state index contributed by atoms with van der Waals surface area (Å²) in [5.74, 6) is 0.500. The summed E-state index contributed by atoms with van der Waals surface area (Å²) >= 11 is 0. The van der Waals surface area contributed by atoms with Gasteiger partial charge in [-0.05, 0) is 32.7 Å². The molecular formula is C12H20N2O. The molecule has 3 nitrogen and oxygen atoms in total. The average Bonchev–Trinajstić information content (AvgIpc) is 3.05. The fourth-order valence-electron chi connectivity index (χ4n) is 3.29. The molecule has 0 aromatic carbocycles. The molecule has 1 aliphatic carbocycles. The van der Waals surface area contributed by atoms with Crippen LogP contribution >= 0.6 is 0 Å². The lowest BCUT2D eigenvalue weighted by Crippen LogP contribution is -2.54. The van der Waals surface area contributed by atoms with Gasteiger partial charge in [0, 0.05) is 32.1 Å². The van der Waals surface area contributed by atoms with Crippen LogP contribution in [0, 0.1) is 0 Å². The zero-order chi connectivity index (χ0) is 10.5. The molecule has 0 bridgehead atoms. The second-order valence-electron chi connectivity index (χ2n) is 5.39. The first-order chi connectivity index (χ1) is 7.22. The van der Waals surface area contributed by atoms with Crippen LogP contribution in [0.5, 0.6) is 0 Å². The van der Waals surface area contributed by atoms with Gasteiger partial charge in [-0.15, -0.1) is 0 Å². The Hall–Kier alpha value is -0.410. The summed E-state index contributed by atoms with van der Waals surface area (Å²) in [5.41, 5.74) is -0.0641. The summed E-state index contributed by atoms with van der Waals surface area (Å²) < 4.78 is 0. The van der Waals surface area contributed by atoms with E-state index in [4.69, 9.17) is 0 Å². The number of likely N-dealkylation sites (tertiary alicyclic amines) is 2. The van der Waals surface area contributed by atoms with Crippen molar-refractivity contribution in [1.29, 1.82) is 0 Å². The van der Waals surface area contributed by atoms with Gasteiger partial charge >= 0.3 is 0 Å². The minimum absolute atomic E-state index is 0.0641. The standard InChI is InChI=1S/C12H20N2O/c1-13-7-4-11(15)12(13)5-8-14(9-6-12)10-2-3-10/h10H,2-9H2,1H3. The van der Waals surface area contributed by atoms with E-state index in [1.54, 1.807) is 0 Å². The van der Waals surface area contributed by atoms with E-state index in [0.29, 0.717) is 5.78 Å². The maximum atomic E-state index is 12.0. The van der Waals surface area contributed by atoms with Crippen LogP contribution in [0.3, 0.4) is 0 Å². The average molecular weight is 208 g/mol. The molecule has 84 valence electrons. The van der Waals surface area contributed by atoms with Crippen molar-refractivity contribution in [2.45, 2.75) is 43.7 Å². The van der Waals surface area contributed by atoms with Crippen LogP contribution in [-0.2, 0) is 4.79 Å². The van der Waals surface area contributed by atoms with Crippen molar-refractivity contribution in [3.8, 4) is 0 Å². The number of hydrogen-bond acceptors (Lipinski definition) is 3. The third-order valence-corrected chi connectivity index (χ3v) is 4.61. The van der Waals surface area contributed by atoms with Crippen molar-refractivity contribution in [2.24, 2.45) is 0 Å². The third-order valence-electron chi connectivity index (χ3n) is 4.61. The molecule has 3 aliphatic rings. The van der Waals surface area contributed by atoms with Crippen LogP contribution in [0.25, 0.3) is 0 Å². The van der Waals surface area contributed by atoms with E-state index in [1.807, 2.05) is 0 Å². The van der Waals surface area contributed by atoms with Gasteiger partial charge in [0.15, 0.2) is 5.78 Å². The van der Waals surface area contributed by atoms with E-state index in [0.717, 1.165) is 44.9 Å². The summed E-state index contributed by atoms with van der Waals surface area (Å²) in [6.07, 6.45) is 5.69. The summed E-state index contributed by atoms with van der Waals surface area (Å²) in [5, 5.41) is 0. The second-order valence-corrected chi connectivity index (χ2v) is 5.39. The largest absolute Gasteiger partial charge is 0.300 e. The molecule has 2 aliphatic heterocycles. The van der Waals surface area contributed by atoms with Crippen molar-refractivity contribution in [1.82, 2.24) is 9.80 Å². The van der Waals surface area contributed by atoms with Crippen molar-refractivity contribution >= 4 is 5.78 Å². The molecule has 0 N–H and O–H groups in total. The molecule has 1 spiro atoms. The van der Waals surface area contributed by atoms with Crippen LogP contribution in [0.2, 0.25) is 0 Å². The highest BCUT2D eigenvalue weighted by molar-refractivity contribution is 5.90. The number of rotatable bonds is 1. The van der Waals surface area contributed by atoms with E-state index < -0.39 is 0 Å². The van der Waals surface area contributed by atoms with Crippen LogP contribution in [0.1, 0.15) is 32.1 Å². The Labute approximate surface area is 91.4 Å². The molecule has 1 saturated carbocycles. The first kappa shape index (κ1) is 9.79. The molecule has 2 saturated heterocycles. The minimum Gasteiger partial charge on any atom is -0.300 e. The smallest absolute Gasteiger partial charge is 0.154 e. The number of ketones is 1. The fourth-order valence-corrected chi connectivity index (χ4v) is 3.29. The predicted molar refractivity (Wildman–Crippen MR) is 58.8 cm³/mol. The maximum absolute atomic E-state index is 12.0. The Morgan fingerprint density at radius 2 is 1.87 bits per heavy atom. The Balaban J connectivity index is 1.70. The SMILES string of the molecule is CN1CCC(=O)C12CCN(C1CC1)CC2. The zero-order valence-electron chi connectivity index (χ0n) is 9.54. The van der Waals surface area contributed by atoms with Gasteiger partial charge in [0.25, 0.3) is 0 Å².